The molecule has 2 aromatic rings. The number of benzene rings is 2. The van der Waals surface area contributed by atoms with Gasteiger partial charge in [0.05, 0.1) is 6.61 Å². The molecule has 166 valence electrons. The molecule has 3 aliphatic rings. The highest BCUT2D eigenvalue weighted by atomic mass is 19.1. The van der Waals surface area contributed by atoms with Crippen molar-refractivity contribution in [1.29, 1.82) is 0 Å². The summed E-state index contributed by atoms with van der Waals surface area (Å²) in [5, 5.41) is 40.4. The molecule has 0 spiro atoms. The summed E-state index contributed by atoms with van der Waals surface area (Å²) in [6.45, 7) is -0.461. The molecule has 5 nitrogen and oxygen atoms in total. The van der Waals surface area contributed by atoms with E-state index < -0.39 is 37.1 Å². The van der Waals surface area contributed by atoms with Crippen molar-refractivity contribution in [3.63, 3.8) is 0 Å². The van der Waals surface area contributed by atoms with Crippen LogP contribution in [0, 0.1) is 5.82 Å². The third kappa shape index (κ3) is 3.92. The van der Waals surface area contributed by atoms with Crippen LogP contribution in [0.15, 0.2) is 30.3 Å². The van der Waals surface area contributed by atoms with Gasteiger partial charge in [-0.1, -0.05) is 24.3 Å². The fourth-order valence-corrected chi connectivity index (χ4v) is 5.11. The second kappa shape index (κ2) is 8.26. The maximum Gasteiger partial charge on any atom is 0.127 e. The van der Waals surface area contributed by atoms with Crippen molar-refractivity contribution in [2.75, 3.05) is 6.61 Å². The van der Waals surface area contributed by atoms with E-state index in [1.54, 1.807) is 6.07 Å². The molecular formula is C25H29FO5. The van der Waals surface area contributed by atoms with Gasteiger partial charge in [0.25, 0.3) is 0 Å². The maximum absolute atomic E-state index is 14.8. The molecule has 0 aromatic heterocycles. The Hall–Kier alpha value is -1.83. The summed E-state index contributed by atoms with van der Waals surface area (Å²) in [5.41, 5.74) is 5.77. The summed E-state index contributed by atoms with van der Waals surface area (Å²) >= 11 is 0. The number of aryl methyl sites for hydroxylation is 1. The van der Waals surface area contributed by atoms with Gasteiger partial charge in [-0.15, -0.1) is 0 Å². The molecule has 31 heavy (non-hydrogen) atoms. The summed E-state index contributed by atoms with van der Waals surface area (Å²) in [4.78, 5) is 0. The van der Waals surface area contributed by atoms with Crippen LogP contribution in [0.5, 0.6) is 0 Å². The molecule has 0 amide bonds. The third-order valence-electron chi connectivity index (χ3n) is 7.06. The molecule has 1 saturated heterocycles. The predicted molar refractivity (Wildman–Crippen MR) is 112 cm³/mol. The van der Waals surface area contributed by atoms with Gasteiger partial charge in [-0.3, -0.25) is 0 Å². The van der Waals surface area contributed by atoms with E-state index in [4.69, 9.17) is 4.74 Å². The summed E-state index contributed by atoms with van der Waals surface area (Å²) < 4.78 is 20.6. The second-order valence-electron chi connectivity index (χ2n) is 9.22. The van der Waals surface area contributed by atoms with Gasteiger partial charge in [-0.25, -0.2) is 4.39 Å². The van der Waals surface area contributed by atoms with E-state index in [9.17, 15) is 24.8 Å². The lowest BCUT2D eigenvalue weighted by Gasteiger charge is -2.40. The minimum atomic E-state index is -1.42. The minimum Gasteiger partial charge on any atom is -0.394 e. The lowest BCUT2D eigenvalue weighted by atomic mass is 9.87. The Balaban J connectivity index is 1.48. The zero-order valence-electron chi connectivity index (χ0n) is 17.4. The SMILES string of the molecule is OC[C@H]1O[C@@H](c2cc3c(c(Cc4ccc(C5CC5)cc4F)c2)CCC3)[C@H](O)[C@@H](O)[C@@H]1O. The first-order valence-electron chi connectivity index (χ1n) is 11.2. The van der Waals surface area contributed by atoms with Crippen LogP contribution < -0.4 is 0 Å². The summed E-state index contributed by atoms with van der Waals surface area (Å²) in [7, 11) is 0. The van der Waals surface area contributed by atoms with E-state index in [2.05, 4.69) is 0 Å². The Kier molecular flexibility index (Phi) is 5.61. The molecule has 2 fully saturated rings. The van der Waals surface area contributed by atoms with Crippen LogP contribution in [0.1, 0.15) is 64.7 Å². The van der Waals surface area contributed by atoms with E-state index in [-0.39, 0.29) is 5.82 Å². The number of halogens is 1. The lowest BCUT2D eigenvalue weighted by molar-refractivity contribution is -0.231. The normalized spacial score (nSPS) is 30.4. The van der Waals surface area contributed by atoms with Crippen molar-refractivity contribution in [2.45, 2.75) is 75.0 Å². The smallest absolute Gasteiger partial charge is 0.127 e. The van der Waals surface area contributed by atoms with Gasteiger partial charge in [0, 0.05) is 6.42 Å². The van der Waals surface area contributed by atoms with Crippen LogP contribution in [-0.2, 0) is 24.0 Å². The molecular weight excluding hydrogens is 399 g/mol. The van der Waals surface area contributed by atoms with Crippen molar-refractivity contribution >= 4 is 0 Å². The van der Waals surface area contributed by atoms with Gasteiger partial charge in [0.2, 0.25) is 0 Å². The Morgan fingerprint density at radius 3 is 2.42 bits per heavy atom. The lowest BCUT2D eigenvalue weighted by Crippen LogP contribution is -2.55. The minimum absolute atomic E-state index is 0.186. The molecule has 1 heterocycles. The number of fused-ring (bicyclic) bond motifs is 1. The first kappa shape index (κ1) is 21.0. The number of hydrogen-bond donors (Lipinski definition) is 4. The number of ether oxygens (including phenoxy) is 1. The van der Waals surface area contributed by atoms with E-state index in [0.29, 0.717) is 23.5 Å². The standard InChI is InChI=1S/C25H29FO5/c26-20-11-14(13-4-5-13)6-7-16(20)9-17-10-18(8-15-2-1-3-19(15)17)25-24(30)23(29)22(28)21(12-27)31-25/h6-8,10-11,13,21-25,27-30H,1-5,9,12H2/t21-,22-,23+,24-,25+/m1/s1. The van der Waals surface area contributed by atoms with E-state index in [0.717, 1.165) is 48.8 Å². The number of hydrogen-bond acceptors (Lipinski definition) is 5. The predicted octanol–water partition coefficient (Wildman–Crippen LogP) is 2.30. The van der Waals surface area contributed by atoms with Crippen molar-refractivity contribution in [2.24, 2.45) is 0 Å². The molecule has 0 radical (unpaired) electrons. The first-order chi connectivity index (χ1) is 15.0. The van der Waals surface area contributed by atoms with Gasteiger partial charge >= 0.3 is 0 Å². The largest absolute Gasteiger partial charge is 0.394 e. The summed E-state index contributed by atoms with van der Waals surface area (Å²) in [6.07, 6.45) is -0.383. The fraction of sp³-hybridized carbons (Fsp3) is 0.520. The average molecular weight is 429 g/mol. The van der Waals surface area contributed by atoms with E-state index in [1.165, 1.54) is 5.56 Å². The monoisotopic (exact) mass is 428 g/mol. The Morgan fingerprint density at radius 2 is 1.71 bits per heavy atom. The topological polar surface area (TPSA) is 90.2 Å². The van der Waals surface area contributed by atoms with Gasteiger partial charge in [-0.2, -0.15) is 0 Å². The summed E-state index contributed by atoms with van der Waals surface area (Å²) in [5.74, 6) is 0.316. The molecule has 2 aromatic carbocycles. The van der Waals surface area contributed by atoms with Crippen molar-refractivity contribution < 1.29 is 29.6 Å². The Bertz CT molecular complexity index is 971. The van der Waals surface area contributed by atoms with Crippen LogP contribution in [0.2, 0.25) is 0 Å². The molecule has 1 saturated carbocycles. The second-order valence-corrected chi connectivity index (χ2v) is 9.22. The molecule has 0 bridgehead atoms. The van der Waals surface area contributed by atoms with Crippen LogP contribution in [-0.4, -0.2) is 51.4 Å². The van der Waals surface area contributed by atoms with Crippen molar-refractivity contribution in [3.05, 3.63) is 69.5 Å². The highest BCUT2D eigenvalue weighted by Gasteiger charge is 2.44. The number of rotatable bonds is 5. The van der Waals surface area contributed by atoms with Crippen molar-refractivity contribution in [3.8, 4) is 0 Å². The van der Waals surface area contributed by atoms with Gasteiger partial charge < -0.3 is 25.2 Å². The van der Waals surface area contributed by atoms with Crippen LogP contribution in [0.25, 0.3) is 0 Å². The highest BCUT2D eigenvalue weighted by Crippen LogP contribution is 2.41. The molecule has 5 rings (SSSR count). The van der Waals surface area contributed by atoms with Gasteiger partial charge in [-0.05, 0) is 77.5 Å². The molecule has 0 unspecified atom stereocenters. The molecule has 5 atom stereocenters. The van der Waals surface area contributed by atoms with E-state index >= 15 is 0 Å². The zero-order valence-corrected chi connectivity index (χ0v) is 17.4. The fourth-order valence-electron chi connectivity index (χ4n) is 5.11. The molecule has 2 aliphatic carbocycles. The Labute approximate surface area is 181 Å². The number of aliphatic hydroxyl groups excluding tert-OH is 4. The van der Waals surface area contributed by atoms with Gasteiger partial charge in [0.1, 0.15) is 36.3 Å². The molecule has 1 aliphatic heterocycles. The van der Waals surface area contributed by atoms with Gasteiger partial charge in [0.15, 0.2) is 0 Å². The van der Waals surface area contributed by atoms with Crippen LogP contribution in [0.4, 0.5) is 4.39 Å². The molecule has 4 N–H and O–H groups in total. The first-order valence-corrected chi connectivity index (χ1v) is 11.2. The average Bonchev–Trinajstić information content (AvgIpc) is 3.51. The number of aliphatic hydroxyl groups is 4. The summed E-state index contributed by atoms with van der Waals surface area (Å²) in [6, 6.07) is 9.47. The quantitative estimate of drug-likeness (QED) is 0.587. The van der Waals surface area contributed by atoms with Crippen LogP contribution in [0.3, 0.4) is 0 Å². The van der Waals surface area contributed by atoms with Crippen LogP contribution >= 0.6 is 0 Å². The zero-order chi connectivity index (χ0) is 21.7. The Morgan fingerprint density at radius 1 is 0.903 bits per heavy atom. The van der Waals surface area contributed by atoms with E-state index in [1.807, 2.05) is 24.3 Å². The molecule has 6 heteroatoms. The third-order valence-corrected chi connectivity index (χ3v) is 7.06. The maximum atomic E-state index is 14.8. The van der Waals surface area contributed by atoms with Crippen molar-refractivity contribution in [1.82, 2.24) is 0 Å². The highest BCUT2D eigenvalue weighted by molar-refractivity contribution is 5.46.